The first-order valence-corrected chi connectivity index (χ1v) is 10.1. The van der Waals surface area contributed by atoms with E-state index < -0.39 is 0 Å². The zero-order chi connectivity index (χ0) is 19.5. The second-order valence-electron chi connectivity index (χ2n) is 7.38. The van der Waals surface area contributed by atoms with E-state index in [0.29, 0.717) is 32.5 Å². The number of amides is 2. The Morgan fingerprint density at radius 3 is 2.04 bits per heavy atom. The van der Waals surface area contributed by atoms with E-state index >= 15 is 0 Å². The van der Waals surface area contributed by atoms with E-state index in [1.165, 1.54) is 20.0 Å². The molecule has 8 heteroatoms. The van der Waals surface area contributed by atoms with Crippen LogP contribution in [-0.4, -0.2) is 98.5 Å². The molecule has 2 aliphatic rings. The number of hydrogen-bond donors (Lipinski definition) is 1. The standard InChI is InChI=1S/C19H34N4O4/c1-27-19(26)7-6-8-20-17(24)15-21-11-13-22(14-12-21)16-18(25)23-9-4-2-3-5-10-23/h2-16H2,1H3,(H,20,24). The van der Waals surface area contributed by atoms with Crippen LogP contribution >= 0.6 is 0 Å². The minimum absolute atomic E-state index is 0.0195. The molecule has 0 bridgehead atoms. The Morgan fingerprint density at radius 1 is 0.852 bits per heavy atom. The van der Waals surface area contributed by atoms with Gasteiger partial charge in [-0.2, -0.15) is 0 Å². The van der Waals surface area contributed by atoms with E-state index in [1.54, 1.807) is 0 Å². The minimum Gasteiger partial charge on any atom is -0.469 e. The normalized spacial score (nSPS) is 19.4. The van der Waals surface area contributed by atoms with E-state index in [0.717, 1.165) is 52.1 Å². The number of likely N-dealkylation sites (tertiary alicyclic amines) is 1. The van der Waals surface area contributed by atoms with Crippen LogP contribution in [0.15, 0.2) is 0 Å². The van der Waals surface area contributed by atoms with Crippen LogP contribution in [0.25, 0.3) is 0 Å². The Bertz CT molecular complexity index is 484. The van der Waals surface area contributed by atoms with Crippen LogP contribution in [0.4, 0.5) is 0 Å². The smallest absolute Gasteiger partial charge is 0.305 e. The number of esters is 1. The minimum atomic E-state index is -0.255. The molecule has 2 fully saturated rings. The van der Waals surface area contributed by atoms with E-state index in [1.807, 2.05) is 4.90 Å². The maximum absolute atomic E-state index is 12.5. The molecule has 27 heavy (non-hydrogen) atoms. The third-order valence-electron chi connectivity index (χ3n) is 5.26. The number of hydrogen-bond acceptors (Lipinski definition) is 6. The molecule has 0 aromatic heterocycles. The molecule has 2 aliphatic heterocycles. The number of rotatable bonds is 8. The van der Waals surface area contributed by atoms with Gasteiger partial charge in [0.15, 0.2) is 0 Å². The molecule has 2 rings (SSSR count). The van der Waals surface area contributed by atoms with Gasteiger partial charge >= 0.3 is 5.97 Å². The van der Waals surface area contributed by atoms with Gasteiger partial charge in [-0.3, -0.25) is 24.2 Å². The highest BCUT2D eigenvalue weighted by molar-refractivity contribution is 5.78. The SMILES string of the molecule is COC(=O)CCCNC(=O)CN1CCN(CC(=O)N2CCCCCC2)CC1. The number of piperazine rings is 1. The van der Waals surface area contributed by atoms with E-state index in [4.69, 9.17) is 0 Å². The monoisotopic (exact) mass is 382 g/mol. The van der Waals surface area contributed by atoms with Gasteiger partial charge in [0, 0.05) is 52.2 Å². The number of nitrogens with one attached hydrogen (secondary N) is 1. The fraction of sp³-hybridized carbons (Fsp3) is 0.842. The second-order valence-corrected chi connectivity index (χ2v) is 7.38. The van der Waals surface area contributed by atoms with E-state index in [9.17, 15) is 14.4 Å². The van der Waals surface area contributed by atoms with Crippen molar-refractivity contribution in [2.75, 3.05) is 66.0 Å². The van der Waals surface area contributed by atoms with E-state index in [-0.39, 0.29) is 17.8 Å². The average molecular weight is 383 g/mol. The van der Waals surface area contributed by atoms with Gasteiger partial charge in [-0.05, 0) is 19.3 Å². The molecule has 0 aromatic carbocycles. The fourth-order valence-electron chi connectivity index (χ4n) is 3.54. The van der Waals surface area contributed by atoms with E-state index in [2.05, 4.69) is 19.9 Å². The maximum Gasteiger partial charge on any atom is 0.305 e. The molecule has 8 nitrogen and oxygen atoms in total. The van der Waals surface area contributed by atoms with Crippen molar-refractivity contribution < 1.29 is 19.1 Å². The third-order valence-corrected chi connectivity index (χ3v) is 5.26. The Balaban J connectivity index is 1.58. The van der Waals surface area contributed by atoms with Gasteiger partial charge in [0.1, 0.15) is 0 Å². The molecule has 0 saturated carbocycles. The van der Waals surface area contributed by atoms with Crippen molar-refractivity contribution in [2.45, 2.75) is 38.5 Å². The molecule has 2 heterocycles. The number of carbonyl (C=O) groups excluding carboxylic acids is 3. The molecular weight excluding hydrogens is 348 g/mol. The molecule has 154 valence electrons. The summed E-state index contributed by atoms with van der Waals surface area (Å²) in [6, 6.07) is 0. The molecule has 0 aromatic rings. The van der Waals surface area contributed by atoms with Crippen LogP contribution in [0, 0.1) is 0 Å². The first-order valence-electron chi connectivity index (χ1n) is 10.1. The van der Waals surface area contributed by atoms with Crippen LogP contribution < -0.4 is 5.32 Å². The summed E-state index contributed by atoms with van der Waals surface area (Å²) in [5.41, 5.74) is 0. The van der Waals surface area contributed by atoms with Gasteiger partial charge in [-0.25, -0.2) is 0 Å². The zero-order valence-corrected chi connectivity index (χ0v) is 16.6. The lowest BCUT2D eigenvalue weighted by atomic mass is 10.2. The van der Waals surface area contributed by atoms with Gasteiger partial charge in [-0.15, -0.1) is 0 Å². The van der Waals surface area contributed by atoms with Crippen molar-refractivity contribution in [3.63, 3.8) is 0 Å². The molecule has 1 N–H and O–H groups in total. The van der Waals surface area contributed by atoms with Crippen LogP contribution in [0.5, 0.6) is 0 Å². The van der Waals surface area contributed by atoms with Crippen molar-refractivity contribution in [3.05, 3.63) is 0 Å². The van der Waals surface area contributed by atoms with Crippen LogP contribution in [0.1, 0.15) is 38.5 Å². The predicted molar refractivity (Wildman–Crippen MR) is 102 cm³/mol. The zero-order valence-electron chi connectivity index (χ0n) is 16.6. The van der Waals surface area contributed by atoms with Crippen LogP contribution in [-0.2, 0) is 19.1 Å². The summed E-state index contributed by atoms with van der Waals surface area (Å²) in [7, 11) is 1.36. The van der Waals surface area contributed by atoms with Crippen molar-refractivity contribution in [2.24, 2.45) is 0 Å². The van der Waals surface area contributed by atoms with Crippen molar-refractivity contribution in [1.82, 2.24) is 20.0 Å². The summed E-state index contributed by atoms with van der Waals surface area (Å²) >= 11 is 0. The number of ether oxygens (including phenoxy) is 1. The molecular formula is C19H34N4O4. The lowest BCUT2D eigenvalue weighted by Gasteiger charge is -2.35. The lowest BCUT2D eigenvalue weighted by Crippen LogP contribution is -2.52. The van der Waals surface area contributed by atoms with Crippen molar-refractivity contribution in [3.8, 4) is 0 Å². The number of methoxy groups -OCH3 is 1. The topological polar surface area (TPSA) is 82.2 Å². The molecule has 0 unspecified atom stereocenters. The molecule has 0 aliphatic carbocycles. The predicted octanol–water partition coefficient (Wildman–Crippen LogP) is 0.0760. The van der Waals surface area contributed by atoms with Crippen molar-refractivity contribution >= 4 is 17.8 Å². The summed E-state index contributed by atoms with van der Waals surface area (Å²) in [5.74, 6) is -0.0299. The van der Waals surface area contributed by atoms with Gasteiger partial charge in [0.05, 0.1) is 20.2 Å². The first-order chi connectivity index (χ1) is 13.1. The highest BCUT2D eigenvalue weighted by atomic mass is 16.5. The maximum atomic E-state index is 12.5. The molecule has 2 saturated heterocycles. The third kappa shape index (κ3) is 8.26. The lowest BCUT2D eigenvalue weighted by molar-refractivity contribution is -0.140. The largest absolute Gasteiger partial charge is 0.469 e. The highest BCUT2D eigenvalue weighted by Crippen LogP contribution is 2.10. The quantitative estimate of drug-likeness (QED) is 0.473. The summed E-state index contributed by atoms with van der Waals surface area (Å²) in [4.78, 5) is 41.8. The molecule has 0 atom stereocenters. The molecule has 0 radical (unpaired) electrons. The number of carbonyl (C=O) groups is 3. The fourth-order valence-corrected chi connectivity index (χ4v) is 3.54. The van der Waals surface area contributed by atoms with Crippen LogP contribution in [0.3, 0.4) is 0 Å². The summed E-state index contributed by atoms with van der Waals surface area (Å²) < 4.78 is 4.57. The number of nitrogens with zero attached hydrogens (tertiary/aromatic N) is 3. The average Bonchev–Trinajstić information content (AvgIpc) is 2.96. The van der Waals surface area contributed by atoms with Gasteiger partial charge in [0.25, 0.3) is 0 Å². The Labute approximate surface area is 162 Å². The summed E-state index contributed by atoms with van der Waals surface area (Å²) in [6.45, 7) is 6.36. The van der Waals surface area contributed by atoms with Crippen molar-refractivity contribution in [1.29, 1.82) is 0 Å². The summed E-state index contributed by atoms with van der Waals surface area (Å²) in [5, 5.41) is 2.84. The Hall–Kier alpha value is -1.67. The second kappa shape index (κ2) is 11.9. The van der Waals surface area contributed by atoms with Crippen LogP contribution in [0.2, 0.25) is 0 Å². The molecule has 2 amide bonds. The van der Waals surface area contributed by atoms with Gasteiger partial charge < -0.3 is 15.0 Å². The van der Waals surface area contributed by atoms with Gasteiger partial charge in [-0.1, -0.05) is 12.8 Å². The molecule has 0 spiro atoms. The first kappa shape index (κ1) is 21.6. The summed E-state index contributed by atoms with van der Waals surface area (Å²) in [6.07, 6.45) is 5.61. The Kier molecular flexibility index (Phi) is 9.55. The highest BCUT2D eigenvalue weighted by Gasteiger charge is 2.23. The van der Waals surface area contributed by atoms with Gasteiger partial charge in [0.2, 0.25) is 11.8 Å². The Morgan fingerprint density at radius 2 is 1.44 bits per heavy atom.